The number of hydrogen-bond acceptors (Lipinski definition) is 7. The van der Waals surface area contributed by atoms with Crippen molar-refractivity contribution in [3.63, 3.8) is 0 Å². The van der Waals surface area contributed by atoms with E-state index in [1.54, 1.807) is 31.4 Å². The van der Waals surface area contributed by atoms with Crippen LogP contribution in [-0.2, 0) is 9.59 Å². The van der Waals surface area contributed by atoms with Gasteiger partial charge in [-0.25, -0.2) is 0 Å². The van der Waals surface area contributed by atoms with E-state index in [0.29, 0.717) is 28.8 Å². The minimum Gasteiger partial charge on any atom is -0.495 e. The first-order valence-corrected chi connectivity index (χ1v) is 10.6. The molecule has 4 N–H and O–H groups in total. The van der Waals surface area contributed by atoms with Crippen molar-refractivity contribution in [2.24, 2.45) is 5.73 Å². The summed E-state index contributed by atoms with van der Waals surface area (Å²) in [5, 5.41) is 6.20. The van der Waals surface area contributed by atoms with Crippen molar-refractivity contribution in [2.45, 2.75) is 19.3 Å². The number of benzene rings is 2. The summed E-state index contributed by atoms with van der Waals surface area (Å²) in [7, 11) is 1.61. The molecule has 2 amide bonds. The van der Waals surface area contributed by atoms with E-state index in [4.69, 9.17) is 19.9 Å². The van der Waals surface area contributed by atoms with Gasteiger partial charge in [0.25, 0.3) is 11.8 Å². The number of amides is 2. The summed E-state index contributed by atoms with van der Waals surface area (Å²) in [4.78, 5) is 24.0. The third-order valence-electron chi connectivity index (χ3n) is 4.31. The highest BCUT2D eigenvalue weighted by molar-refractivity contribution is 8.05. The number of ether oxygens (including phenoxy) is 3. The smallest absolute Gasteiger partial charge is 0.260 e. The van der Waals surface area contributed by atoms with E-state index in [9.17, 15) is 9.59 Å². The molecule has 1 heterocycles. The molecule has 31 heavy (non-hydrogen) atoms. The maximum atomic E-state index is 12.5. The Hall–Kier alpha value is -3.33. The predicted molar refractivity (Wildman–Crippen MR) is 121 cm³/mol. The average Bonchev–Trinajstić information content (AvgIpc) is 3.06. The average molecular weight is 444 g/mol. The van der Waals surface area contributed by atoms with Crippen LogP contribution in [0.25, 0.3) is 6.08 Å². The molecule has 8 nitrogen and oxygen atoms in total. The van der Waals surface area contributed by atoms with Gasteiger partial charge in [-0.15, -0.1) is 0 Å². The number of primary amides is 1. The van der Waals surface area contributed by atoms with Gasteiger partial charge in [-0.3, -0.25) is 9.59 Å². The monoisotopic (exact) mass is 443 g/mol. The maximum absolute atomic E-state index is 12.5. The first-order chi connectivity index (χ1) is 14.9. The fraction of sp³-hybridized carbons (Fsp3) is 0.273. The van der Waals surface area contributed by atoms with Crippen LogP contribution in [0.4, 0.5) is 5.69 Å². The Balaban J connectivity index is 1.76. The third kappa shape index (κ3) is 5.85. The van der Waals surface area contributed by atoms with Crippen LogP contribution in [0, 0.1) is 6.92 Å². The van der Waals surface area contributed by atoms with E-state index in [2.05, 4.69) is 10.6 Å². The number of nitrogens with one attached hydrogen (secondary N) is 2. The summed E-state index contributed by atoms with van der Waals surface area (Å²) in [5.41, 5.74) is 7.45. The number of thioether (sulfide) groups is 1. The molecule has 0 spiro atoms. The van der Waals surface area contributed by atoms with E-state index >= 15 is 0 Å². The van der Waals surface area contributed by atoms with E-state index in [-0.39, 0.29) is 18.0 Å². The van der Waals surface area contributed by atoms with E-state index < -0.39 is 5.91 Å². The van der Waals surface area contributed by atoms with Gasteiger partial charge in [-0.05, 0) is 55.3 Å². The molecule has 0 aromatic heterocycles. The molecule has 3 rings (SSSR count). The summed E-state index contributed by atoms with van der Waals surface area (Å²) in [5.74, 6) is 0.835. The standard InChI is InChI=1S/C22H25N3O5S/c1-4-29-18-10-14(6-8-17(18)30-12-20(23)26)11-19-21(27)25-22(31-19)24-15-9-13(2)5-7-16(15)28-3/h5-11,22,24H,4,12H2,1-3H3,(H2,23,26)(H,25,27)/b19-11-. The first-order valence-electron chi connectivity index (χ1n) is 9.68. The second-order valence-corrected chi connectivity index (χ2v) is 7.87. The van der Waals surface area contributed by atoms with Crippen LogP contribution in [0.2, 0.25) is 0 Å². The zero-order valence-electron chi connectivity index (χ0n) is 17.6. The Morgan fingerprint density at radius 2 is 1.97 bits per heavy atom. The largest absolute Gasteiger partial charge is 0.495 e. The number of carbonyl (C=O) groups excluding carboxylic acids is 2. The molecule has 1 saturated heterocycles. The second-order valence-electron chi connectivity index (χ2n) is 6.72. The molecule has 0 bridgehead atoms. The molecule has 1 atom stereocenters. The topological polar surface area (TPSA) is 112 Å². The fourth-order valence-electron chi connectivity index (χ4n) is 2.94. The second kappa shape index (κ2) is 10.1. The lowest BCUT2D eigenvalue weighted by Gasteiger charge is -2.16. The van der Waals surface area contributed by atoms with Crippen LogP contribution in [0.3, 0.4) is 0 Å². The van der Waals surface area contributed by atoms with Gasteiger partial charge in [-0.1, -0.05) is 23.9 Å². The summed E-state index contributed by atoms with van der Waals surface area (Å²) < 4.78 is 16.4. The molecule has 1 unspecified atom stereocenters. The molecule has 1 fully saturated rings. The summed E-state index contributed by atoms with van der Waals surface area (Å²) in [6, 6.07) is 11.0. The highest BCUT2D eigenvalue weighted by Crippen LogP contribution is 2.35. The molecule has 164 valence electrons. The van der Waals surface area contributed by atoms with E-state index in [1.807, 2.05) is 32.0 Å². The van der Waals surface area contributed by atoms with Crippen molar-refractivity contribution in [2.75, 3.05) is 25.6 Å². The number of nitrogens with two attached hydrogens (primary N) is 1. The Bertz CT molecular complexity index is 1010. The van der Waals surface area contributed by atoms with Gasteiger partial charge in [0.15, 0.2) is 23.6 Å². The van der Waals surface area contributed by atoms with Crippen molar-refractivity contribution in [1.29, 1.82) is 0 Å². The molecule has 1 aliphatic heterocycles. The number of aryl methyl sites for hydroxylation is 1. The number of hydrogen-bond donors (Lipinski definition) is 3. The quantitative estimate of drug-likeness (QED) is 0.511. The van der Waals surface area contributed by atoms with Crippen LogP contribution in [0.5, 0.6) is 17.2 Å². The molecule has 0 radical (unpaired) electrons. The molecule has 9 heteroatoms. The molecular weight excluding hydrogens is 418 g/mol. The summed E-state index contributed by atoms with van der Waals surface area (Å²) >= 11 is 1.37. The minimum absolute atomic E-state index is 0.180. The molecule has 0 saturated carbocycles. The Morgan fingerprint density at radius 1 is 1.19 bits per heavy atom. The van der Waals surface area contributed by atoms with Gasteiger partial charge in [0.2, 0.25) is 0 Å². The van der Waals surface area contributed by atoms with E-state index in [1.165, 1.54) is 11.8 Å². The number of methoxy groups -OCH3 is 1. The van der Waals surface area contributed by atoms with Crippen molar-refractivity contribution >= 4 is 35.3 Å². The normalized spacial score (nSPS) is 16.7. The Morgan fingerprint density at radius 3 is 2.68 bits per heavy atom. The van der Waals surface area contributed by atoms with Gasteiger partial charge in [0.05, 0.1) is 24.3 Å². The SMILES string of the molecule is CCOc1cc(/C=C2\SC(Nc3cc(C)ccc3OC)NC2=O)ccc1OCC(N)=O. The van der Waals surface area contributed by atoms with Crippen molar-refractivity contribution < 1.29 is 23.8 Å². The fourth-order valence-corrected chi connectivity index (χ4v) is 3.92. The van der Waals surface area contributed by atoms with Crippen LogP contribution in [0.1, 0.15) is 18.1 Å². The van der Waals surface area contributed by atoms with Crippen LogP contribution in [-0.4, -0.2) is 37.6 Å². The molecular formula is C22H25N3O5S. The van der Waals surface area contributed by atoms with Gasteiger partial charge in [0, 0.05) is 0 Å². The molecule has 2 aromatic rings. The Labute approximate surface area is 185 Å². The lowest BCUT2D eigenvalue weighted by atomic mass is 10.2. The lowest BCUT2D eigenvalue weighted by Crippen LogP contribution is -2.31. The maximum Gasteiger partial charge on any atom is 0.260 e. The lowest BCUT2D eigenvalue weighted by molar-refractivity contribution is -0.120. The zero-order valence-corrected chi connectivity index (χ0v) is 18.4. The zero-order chi connectivity index (χ0) is 22.4. The first kappa shape index (κ1) is 22.4. The minimum atomic E-state index is -0.573. The van der Waals surface area contributed by atoms with Crippen molar-refractivity contribution in [3.05, 3.63) is 52.4 Å². The summed E-state index contributed by atoms with van der Waals surface area (Å²) in [6.07, 6.45) is 1.77. The Kier molecular flexibility index (Phi) is 7.30. The molecule has 0 aliphatic carbocycles. The van der Waals surface area contributed by atoms with Crippen LogP contribution < -0.4 is 30.6 Å². The molecule has 2 aromatic carbocycles. The van der Waals surface area contributed by atoms with Gasteiger partial charge in [-0.2, -0.15) is 0 Å². The number of anilines is 1. The molecule has 1 aliphatic rings. The number of rotatable bonds is 9. The number of carbonyl (C=O) groups is 2. The summed E-state index contributed by atoms with van der Waals surface area (Å²) in [6.45, 7) is 4.02. The van der Waals surface area contributed by atoms with Gasteiger partial charge >= 0.3 is 0 Å². The van der Waals surface area contributed by atoms with Gasteiger partial charge < -0.3 is 30.6 Å². The van der Waals surface area contributed by atoms with E-state index in [0.717, 1.165) is 16.8 Å². The predicted octanol–water partition coefficient (Wildman–Crippen LogP) is 2.87. The highest BCUT2D eigenvalue weighted by Gasteiger charge is 2.28. The van der Waals surface area contributed by atoms with Gasteiger partial charge in [0.1, 0.15) is 5.75 Å². The third-order valence-corrected chi connectivity index (χ3v) is 5.34. The van der Waals surface area contributed by atoms with Crippen molar-refractivity contribution in [1.82, 2.24) is 5.32 Å². The highest BCUT2D eigenvalue weighted by atomic mass is 32.2. The van der Waals surface area contributed by atoms with Crippen molar-refractivity contribution in [3.8, 4) is 17.2 Å². The van der Waals surface area contributed by atoms with Crippen LogP contribution in [0.15, 0.2) is 41.3 Å². The van der Waals surface area contributed by atoms with Crippen LogP contribution >= 0.6 is 11.8 Å².